The Bertz CT molecular complexity index is 447. The van der Waals surface area contributed by atoms with E-state index in [1.807, 2.05) is 0 Å². The summed E-state index contributed by atoms with van der Waals surface area (Å²) in [4.78, 5) is 23.5. The van der Waals surface area contributed by atoms with E-state index >= 15 is 0 Å². The maximum atomic E-state index is 11.8. The molecule has 1 amide bonds. The predicted octanol–water partition coefficient (Wildman–Crippen LogP) is 1.59. The second-order valence-electron chi connectivity index (χ2n) is 3.54. The molecule has 0 unspecified atom stereocenters. The highest BCUT2D eigenvalue weighted by Crippen LogP contribution is 2.24. The molecular weight excluding hydrogens is 246 g/mol. The number of phenolic OH excluding ortho intramolecular Hbond substituents is 1. The summed E-state index contributed by atoms with van der Waals surface area (Å²) in [6, 6.07) is 4.10. The molecule has 0 aliphatic carbocycles. The van der Waals surface area contributed by atoms with Gasteiger partial charge in [0.1, 0.15) is 5.75 Å². The first-order valence-corrected chi connectivity index (χ1v) is 5.25. The van der Waals surface area contributed by atoms with Crippen LogP contribution in [0.25, 0.3) is 0 Å². The molecule has 92 valence electrons. The lowest BCUT2D eigenvalue weighted by Gasteiger charge is -2.16. The summed E-state index contributed by atoms with van der Waals surface area (Å²) in [5, 5.41) is 17.8. The highest BCUT2D eigenvalue weighted by molar-refractivity contribution is 6.32. The van der Waals surface area contributed by atoms with E-state index in [-0.39, 0.29) is 29.6 Å². The van der Waals surface area contributed by atoms with Crippen LogP contribution in [0.2, 0.25) is 5.02 Å². The van der Waals surface area contributed by atoms with Crippen LogP contribution in [0.1, 0.15) is 16.8 Å². The zero-order chi connectivity index (χ0) is 13.0. The van der Waals surface area contributed by atoms with Crippen molar-refractivity contribution in [2.75, 3.05) is 13.6 Å². The lowest BCUT2D eigenvalue weighted by molar-refractivity contribution is -0.137. The Morgan fingerprint density at radius 2 is 2.06 bits per heavy atom. The van der Waals surface area contributed by atoms with Crippen molar-refractivity contribution < 1.29 is 19.8 Å². The van der Waals surface area contributed by atoms with E-state index in [2.05, 4.69) is 0 Å². The number of amides is 1. The number of carboxylic acids is 1. The van der Waals surface area contributed by atoms with Crippen molar-refractivity contribution in [2.45, 2.75) is 6.42 Å². The van der Waals surface area contributed by atoms with E-state index in [1.165, 1.54) is 30.1 Å². The largest absolute Gasteiger partial charge is 0.506 e. The van der Waals surface area contributed by atoms with Gasteiger partial charge < -0.3 is 15.1 Å². The van der Waals surface area contributed by atoms with Crippen LogP contribution in [-0.4, -0.2) is 40.6 Å². The zero-order valence-corrected chi connectivity index (χ0v) is 9.94. The van der Waals surface area contributed by atoms with Gasteiger partial charge in [0.05, 0.1) is 11.4 Å². The summed E-state index contributed by atoms with van der Waals surface area (Å²) in [5.41, 5.74) is 0.306. The summed E-state index contributed by atoms with van der Waals surface area (Å²) in [6.45, 7) is 0.118. The van der Waals surface area contributed by atoms with Gasteiger partial charge >= 0.3 is 5.97 Å². The third-order valence-corrected chi connectivity index (χ3v) is 2.51. The predicted molar refractivity (Wildman–Crippen MR) is 62.3 cm³/mol. The molecular formula is C11H12ClNO4. The Balaban J connectivity index is 2.74. The van der Waals surface area contributed by atoms with Crippen molar-refractivity contribution in [3.05, 3.63) is 28.8 Å². The van der Waals surface area contributed by atoms with Crippen molar-refractivity contribution in [3.63, 3.8) is 0 Å². The molecule has 0 aliphatic rings. The molecule has 0 saturated heterocycles. The van der Waals surface area contributed by atoms with Crippen LogP contribution in [0.3, 0.4) is 0 Å². The summed E-state index contributed by atoms with van der Waals surface area (Å²) in [5.74, 6) is -1.40. The van der Waals surface area contributed by atoms with Crippen LogP contribution in [0.15, 0.2) is 18.2 Å². The van der Waals surface area contributed by atoms with Crippen LogP contribution < -0.4 is 0 Å². The number of hydrogen-bond donors (Lipinski definition) is 2. The van der Waals surface area contributed by atoms with E-state index < -0.39 is 5.97 Å². The number of aliphatic carboxylic acids is 1. The Kier molecular flexibility index (Phi) is 4.34. The van der Waals surface area contributed by atoms with Crippen molar-refractivity contribution >= 4 is 23.5 Å². The van der Waals surface area contributed by atoms with Crippen LogP contribution >= 0.6 is 11.6 Å². The summed E-state index contributed by atoms with van der Waals surface area (Å²) < 4.78 is 0. The molecule has 0 fully saturated rings. The van der Waals surface area contributed by atoms with Gasteiger partial charge in [0.15, 0.2) is 0 Å². The van der Waals surface area contributed by atoms with Gasteiger partial charge in [0.25, 0.3) is 5.91 Å². The van der Waals surface area contributed by atoms with Crippen LogP contribution in [0.4, 0.5) is 0 Å². The first-order valence-electron chi connectivity index (χ1n) is 4.87. The summed E-state index contributed by atoms with van der Waals surface area (Å²) >= 11 is 5.68. The van der Waals surface area contributed by atoms with Gasteiger partial charge in [-0.25, -0.2) is 0 Å². The van der Waals surface area contributed by atoms with E-state index in [9.17, 15) is 14.7 Å². The maximum absolute atomic E-state index is 11.8. The van der Waals surface area contributed by atoms with Gasteiger partial charge in [0, 0.05) is 19.2 Å². The number of hydrogen-bond acceptors (Lipinski definition) is 3. The Hall–Kier alpha value is -1.75. The molecule has 1 aromatic rings. The molecule has 0 atom stereocenters. The fourth-order valence-corrected chi connectivity index (χ4v) is 1.41. The minimum absolute atomic E-state index is 0.0856. The zero-order valence-electron chi connectivity index (χ0n) is 9.18. The van der Waals surface area contributed by atoms with Crippen molar-refractivity contribution in [1.29, 1.82) is 0 Å². The molecule has 1 aromatic carbocycles. The Morgan fingerprint density at radius 3 is 2.59 bits per heavy atom. The number of nitrogens with zero attached hydrogens (tertiary/aromatic N) is 1. The molecule has 0 aromatic heterocycles. The molecule has 0 bridgehead atoms. The number of rotatable bonds is 4. The van der Waals surface area contributed by atoms with Crippen molar-refractivity contribution in [3.8, 4) is 5.75 Å². The van der Waals surface area contributed by atoms with E-state index in [1.54, 1.807) is 0 Å². The molecule has 1 rings (SSSR count). The molecule has 0 heterocycles. The second-order valence-corrected chi connectivity index (χ2v) is 3.94. The van der Waals surface area contributed by atoms with Crippen LogP contribution in [0.5, 0.6) is 5.75 Å². The minimum atomic E-state index is -0.964. The third kappa shape index (κ3) is 3.64. The summed E-state index contributed by atoms with van der Waals surface area (Å²) in [6.07, 6.45) is -0.117. The molecule has 0 radical (unpaired) electrons. The number of aromatic hydroxyl groups is 1. The maximum Gasteiger partial charge on any atom is 0.305 e. The van der Waals surface area contributed by atoms with Crippen molar-refractivity contribution in [2.24, 2.45) is 0 Å². The fourth-order valence-electron chi connectivity index (χ4n) is 1.23. The second kappa shape index (κ2) is 5.54. The minimum Gasteiger partial charge on any atom is -0.506 e. The van der Waals surface area contributed by atoms with Gasteiger partial charge in [-0.05, 0) is 18.2 Å². The van der Waals surface area contributed by atoms with Crippen LogP contribution in [-0.2, 0) is 4.79 Å². The lowest BCUT2D eigenvalue weighted by Crippen LogP contribution is -2.28. The Labute approximate surface area is 103 Å². The lowest BCUT2D eigenvalue weighted by atomic mass is 10.2. The highest BCUT2D eigenvalue weighted by Gasteiger charge is 2.13. The smallest absolute Gasteiger partial charge is 0.305 e. The van der Waals surface area contributed by atoms with Gasteiger partial charge in [0.2, 0.25) is 0 Å². The quantitative estimate of drug-likeness (QED) is 0.859. The number of phenols is 1. The van der Waals surface area contributed by atoms with Gasteiger partial charge in [-0.2, -0.15) is 0 Å². The average Bonchev–Trinajstić information content (AvgIpc) is 2.28. The average molecular weight is 258 g/mol. The SMILES string of the molecule is CN(CCC(=O)O)C(=O)c1ccc(O)c(Cl)c1. The monoisotopic (exact) mass is 257 g/mol. The highest BCUT2D eigenvalue weighted by atomic mass is 35.5. The molecule has 5 nitrogen and oxygen atoms in total. The van der Waals surface area contributed by atoms with Crippen LogP contribution in [0, 0.1) is 0 Å². The number of benzene rings is 1. The van der Waals surface area contributed by atoms with Crippen molar-refractivity contribution in [1.82, 2.24) is 4.90 Å². The summed E-state index contributed by atoms with van der Waals surface area (Å²) in [7, 11) is 1.51. The first kappa shape index (κ1) is 13.3. The molecule has 0 spiro atoms. The van der Waals surface area contributed by atoms with Gasteiger partial charge in [-0.1, -0.05) is 11.6 Å². The first-order chi connectivity index (χ1) is 7.91. The molecule has 0 saturated carbocycles. The molecule has 6 heteroatoms. The van der Waals surface area contributed by atoms with E-state index in [0.29, 0.717) is 5.56 Å². The topological polar surface area (TPSA) is 77.8 Å². The molecule has 0 aliphatic heterocycles. The fraction of sp³-hybridized carbons (Fsp3) is 0.273. The normalized spacial score (nSPS) is 10.0. The van der Waals surface area contributed by atoms with Gasteiger partial charge in [-0.15, -0.1) is 0 Å². The standard InChI is InChI=1S/C11H12ClNO4/c1-13(5-4-10(15)16)11(17)7-2-3-9(14)8(12)6-7/h2-3,6,14H,4-5H2,1H3,(H,15,16). The van der Waals surface area contributed by atoms with E-state index in [4.69, 9.17) is 16.7 Å². The van der Waals surface area contributed by atoms with E-state index in [0.717, 1.165) is 0 Å². The molecule has 17 heavy (non-hydrogen) atoms. The third-order valence-electron chi connectivity index (χ3n) is 2.20. The van der Waals surface area contributed by atoms with Gasteiger partial charge in [-0.3, -0.25) is 9.59 Å². The number of carbonyl (C=O) groups excluding carboxylic acids is 1. The molecule has 2 N–H and O–H groups in total. The number of carboxylic acid groups (broad SMARTS) is 1. The Morgan fingerprint density at radius 1 is 1.41 bits per heavy atom. The number of carbonyl (C=O) groups is 2. The number of halogens is 1.